The number of halogens is 1. The number of nitrogens with zero attached hydrogens (tertiary/aromatic N) is 3. The molecule has 1 N–H and O–H groups in total. The minimum absolute atomic E-state index is 0.0218. The van der Waals surface area contributed by atoms with Gasteiger partial charge in [0.1, 0.15) is 11.9 Å². The van der Waals surface area contributed by atoms with Gasteiger partial charge >= 0.3 is 0 Å². The third-order valence-corrected chi connectivity index (χ3v) is 5.98. The molecule has 0 unspecified atom stereocenters. The number of hydrogen-bond acceptors (Lipinski definition) is 5. The third-order valence-electron chi connectivity index (χ3n) is 5.48. The number of hydrogen-bond donors (Lipinski definition) is 1. The molecule has 4 rings (SSSR count). The highest BCUT2D eigenvalue weighted by molar-refractivity contribution is 7.03. The summed E-state index contributed by atoms with van der Waals surface area (Å²) in [5.74, 6) is -1.51. The number of benzene rings is 2. The van der Waals surface area contributed by atoms with Gasteiger partial charge in [-0.15, -0.1) is 5.10 Å². The highest BCUT2D eigenvalue weighted by atomic mass is 32.1. The van der Waals surface area contributed by atoms with Gasteiger partial charge in [0.25, 0.3) is 5.91 Å². The summed E-state index contributed by atoms with van der Waals surface area (Å²) in [5.41, 5.74) is 1.64. The summed E-state index contributed by atoms with van der Waals surface area (Å²) in [6, 6.07) is 12.3. The summed E-state index contributed by atoms with van der Waals surface area (Å²) >= 11 is 1.03. The van der Waals surface area contributed by atoms with Gasteiger partial charge < -0.3 is 5.32 Å². The molecule has 0 aliphatic heterocycles. The summed E-state index contributed by atoms with van der Waals surface area (Å²) in [6.45, 7) is 1.91. The maximum atomic E-state index is 14.9. The minimum Gasteiger partial charge on any atom is -0.351 e. The Morgan fingerprint density at radius 2 is 1.94 bits per heavy atom. The van der Waals surface area contributed by atoms with E-state index in [1.54, 1.807) is 18.2 Å². The molecule has 0 saturated heterocycles. The first kappa shape index (κ1) is 21.1. The second kappa shape index (κ2) is 9.34. The molecule has 1 fully saturated rings. The van der Waals surface area contributed by atoms with Gasteiger partial charge in [-0.3, -0.25) is 14.5 Å². The van der Waals surface area contributed by atoms with E-state index in [9.17, 15) is 14.0 Å². The van der Waals surface area contributed by atoms with Crippen molar-refractivity contribution in [2.75, 3.05) is 4.90 Å². The lowest BCUT2D eigenvalue weighted by molar-refractivity contribution is -0.123. The van der Waals surface area contributed by atoms with Crippen molar-refractivity contribution in [1.29, 1.82) is 0 Å². The molecule has 0 bridgehead atoms. The predicted octanol–water partition coefficient (Wildman–Crippen LogP) is 4.43. The van der Waals surface area contributed by atoms with Gasteiger partial charge in [-0.05, 0) is 49.0 Å². The Hall–Kier alpha value is -3.13. The summed E-state index contributed by atoms with van der Waals surface area (Å²) in [5, 5.41) is 8.45. The van der Waals surface area contributed by atoms with Gasteiger partial charge in [0.05, 0.1) is 5.69 Å². The van der Waals surface area contributed by atoms with Crippen LogP contribution in [0.5, 0.6) is 0 Å². The first-order chi connectivity index (χ1) is 15.0. The van der Waals surface area contributed by atoms with Crippen molar-refractivity contribution in [3.05, 3.63) is 76.5 Å². The largest absolute Gasteiger partial charge is 0.351 e. The molecule has 1 saturated carbocycles. The molecule has 2 amide bonds. The van der Waals surface area contributed by atoms with Crippen LogP contribution >= 0.6 is 11.5 Å². The normalized spacial score (nSPS) is 14.9. The molecule has 2 aromatic carbocycles. The second-order valence-electron chi connectivity index (χ2n) is 7.72. The number of amides is 2. The Morgan fingerprint density at radius 1 is 1.16 bits per heavy atom. The molecule has 3 aromatic rings. The van der Waals surface area contributed by atoms with Crippen LogP contribution in [-0.4, -0.2) is 27.4 Å². The fourth-order valence-corrected chi connectivity index (χ4v) is 4.43. The molecule has 31 heavy (non-hydrogen) atoms. The van der Waals surface area contributed by atoms with Gasteiger partial charge in [-0.1, -0.05) is 59.3 Å². The van der Waals surface area contributed by atoms with Crippen LogP contribution in [0.2, 0.25) is 0 Å². The number of nitrogens with one attached hydrogen (secondary N) is 1. The Kier molecular flexibility index (Phi) is 6.36. The Morgan fingerprint density at radius 3 is 2.61 bits per heavy atom. The number of anilines is 1. The number of rotatable bonds is 6. The van der Waals surface area contributed by atoms with Gasteiger partial charge in [-0.25, -0.2) is 4.39 Å². The zero-order valence-electron chi connectivity index (χ0n) is 17.1. The molecular weight excluding hydrogens is 415 g/mol. The van der Waals surface area contributed by atoms with E-state index in [-0.39, 0.29) is 23.3 Å². The van der Waals surface area contributed by atoms with E-state index in [1.807, 2.05) is 25.1 Å². The molecule has 1 heterocycles. The molecule has 1 atom stereocenters. The van der Waals surface area contributed by atoms with Crippen molar-refractivity contribution < 1.29 is 14.0 Å². The maximum absolute atomic E-state index is 14.9. The lowest BCUT2D eigenvalue weighted by atomic mass is 10.00. The average molecular weight is 439 g/mol. The molecule has 0 spiro atoms. The van der Waals surface area contributed by atoms with Gasteiger partial charge in [0.15, 0.2) is 5.69 Å². The van der Waals surface area contributed by atoms with Crippen molar-refractivity contribution in [3.63, 3.8) is 0 Å². The molecule has 6 nitrogen and oxygen atoms in total. The van der Waals surface area contributed by atoms with Crippen LogP contribution in [0.15, 0.2) is 53.9 Å². The Labute approximate surface area is 184 Å². The quantitative estimate of drug-likeness (QED) is 0.618. The maximum Gasteiger partial charge on any atom is 0.280 e. The summed E-state index contributed by atoms with van der Waals surface area (Å²) < 4.78 is 18.7. The van der Waals surface area contributed by atoms with Crippen molar-refractivity contribution in [2.24, 2.45) is 0 Å². The molecular formula is C23H23FN4O2S. The van der Waals surface area contributed by atoms with E-state index in [4.69, 9.17) is 0 Å². The third kappa shape index (κ3) is 4.64. The fourth-order valence-electron chi connectivity index (χ4n) is 4.00. The van der Waals surface area contributed by atoms with Crippen molar-refractivity contribution >= 4 is 29.0 Å². The highest BCUT2D eigenvalue weighted by Crippen LogP contribution is 2.32. The molecule has 1 aliphatic rings. The minimum atomic E-state index is -1.05. The van der Waals surface area contributed by atoms with E-state index < -0.39 is 17.8 Å². The van der Waals surface area contributed by atoms with Gasteiger partial charge in [0.2, 0.25) is 5.91 Å². The second-order valence-corrected chi connectivity index (χ2v) is 8.33. The zero-order chi connectivity index (χ0) is 21.8. The van der Waals surface area contributed by atoms with E-state index in [1.165, 1.54) is 22.4 Å². The van der Waals surface area contributed by atoms with Crippen LogP contribution in [0.4, 0.5) is 10.1 Å². The van der Waals surface area contributed by atoms with Crippen molar-refractivity contribution in [2.45, 2.75) is 44.7 Å². The van der Waals surface area contributed by atoms with Crippen LogP contribution in [0, 0.1) is 12.7 Å². The smallest absolute Gasteiger partial charge is 0.280 e. The van der Waals surface area contributed by atoms with E-state index >= 15 is 0 Å². The number of carbonyl (C=O) groups is 2. The van der Waals surface area contributed by atoms with Crippen LogP contribution in [-0.2, 0) is 4.79 Å². The number of carbonyl (C=O) groups excluding carboxylic acids is 2. The summed E-state index contributed by atoms with van der Waals surface area (Å²) in [7, 11) is 0. The lowest BCUT2D eigenvalue weighted by Gasteiger charge is -2.32. The molecule has 0 radical (unpaired) electrons. The van der Waals surface area contributed by atoms with Crippen molar-refractivity contribution in [3.8, 4) is 0 Å². The first-order valence-corrected chi connectivity index (χ1v) is 11.1. The van der Waals surface area contributed by atoms with Crippen LogP contribution in [0.25, 0.3) is 0 Å². The Balaban J connectivity index is 1.83. The van der Waals surface area contributed by atoms with Crippen LogP contribution in [0.3, 0.4) is 0 Å². The van der Waals surface area contributed by atoms with Gasteiger partial charge in [-0.2, -0.15) is 0 Å². The molecule has 1 aromatic heterocycles. The molecule has 160 valence electrons. The summed E-state index contributed by atoms with van der Waals surface area (Å²) in [4.78, 5) is 28.2. The SMILES string of the molecule is Cc1cccc([C@H](C(=O)NC2CCCC2)N(C(=O)c2csnn2)c2ccccc2F)c1. The zero-order valence-corrected chi connectivity index (χ0v) is 17.9. The van der Waals surface area contributed by atoms with Crippen LogP contribution in [0.1, 0.15) is 53.3 Å². The van der Waals surface area contributed by atoms with E-state index in [2.05, 4.69) is 14.9 Å². The standard InChI is InChI=1S/C23H23FN4O2S/c1-15-7-6-8-16(13-15)21(22(29)25-17-9-2-3-10-17)28(20-12-5-4-11-18(20)24)23(30)19-14-31-27-26-19/h4-8,11-14,17,21H,2-3,9-10H2,1H3,(H,25,29)/t21-/m1/s1. The topological polar surface area (TPSA) is 75.2 Å². The van der Waals surface area contributed by atoms with Gasteiger partial charge in [0, 0.05) is 11.4 Å². The highest BCUT2D eigenvalue weighted by Gasteiger charge is 2.36. The van der Waals surface area contributed by atoms with E-state index in [0.29, 0.717) is 5.56 Å². The monoisotopic (exact) mass is 438 g/mol. The fraction of sp³-hybridized carbons (Fsp3) is 0.304. The molecule has 1 aliphatic carbocycles. The van der Waals surface area contributed by atoms with Crippen molar-refractivity contribution in [1.82, 2.24) is 14.9 Å². The average Bonchev–Trinajstić information content (AvgIpc) is 3.46. The Bertz CT molecular complexity index is 1070. The number of para-hydroxylation sites is 1. The molecule has 8 heteroatoms. The summed E-state index contributed by atoms with van der Waals surface area (Å²) in [6.07, 6.45) is 3.91. The number of aryl methyl sites for hydroxylation is 1. The first-order valence-electron chi connectivity index (χ1n) is 10.3. The predicted molar refractivity (Wildman–Crippen MR) is 117 cm³/mol. The van der Waals surface area contributed by atoms with Crippen LogP contribution < -0.4 is 10.2 Å². The lowest BCUT2D eigenvalue weighted by Crippen LogP contribution is -2.46. The van der Waals surface area contributed by atoms with E-state index in [0.717, 1.165) is 42.8 Å². The number of aromatic nitrogens is 2.